The smallest absolute Gasteiger partial charge is 0.341 e. The molecule has 150 valence electrons. The molecule has 0 atom stereocenters. The van der Waals surface area contributed by atoms with Gasteiger partial charge in [-0.05, 0) is 65.9 Å². The topological polar surface area (TPSA) is 49.8 Å². The predicted octanol–water partition coefficient (Wildman–Crippen LogP) is 5.13. The minimum atomic E-state index is -0.958. The van der Waals surface area contributed by atoms with Crippen molar-refractivity contribution in [3.8, 4) is 16.2 Å². The number of hydrogen-bond acceptors (Lipinski definition) is 4. The summed E-state index contributed by atoms with van der Waals surface area (Å²) in [7, 11) is 0. The van der Waals surface area contributed by atoms with E-state index in [1.165, 1.54) is 26.4 Å². The minimum Gasteiger partial charge on any atom is -0.482 e. The maximum Gasteiger partial charge on any atom is 0.341 e. The lowest BCUT2D eigenvalue weighted by Crippen LogP contribution is -2.25. The molecule has 3 aromatic rings. The summed E-state index contributed by atoms with van der Waals surface area (Å²) in [4.78, 5) is 15.8. The highest BCUT2D eigenvalue weighted by atomic mass is 35.5. The number of nitrogens with zero attached hydrogens (tertiary/aromatic N) is 1. The summed E-state index contributed by atoms with van der Waals surface area (Å²) < 4.78 is 5.33. The van der Waals surface area contributed by atoms with Gasteiger partial charge in [0.1, 0.15) is 5.75 Å². The number of carboxylic acid groups (broad SMARTS) is 1. The third-order valence-electron chi connectivity index (χ3n) is 5.10. The maximum absolute atomic E-state index is 10.7. The van der Waals surface area contributed by atoms with Crippen LogP contribution in [0.4, 0.5) is 0 Å². The Morgan fingerprint density at radius 1 is 1.03 bits per heavy atom. The van der Waals surface area contributed by atoms with Crippen LogP contribution in [0.5, 0.6) is 5.75 Å². The van der Waals surface area contributed by atoms with Gasteiger partial charge in [-0.15, -0.1) is 11.3 Å². The number of rotatable bonds is 6. The molecule has 2 heterocycles. The average molecular weight is 428 g/mol. The second-order valence-corrected chi connectivity index (χ2v) is 8.77. The molecule has 29 heavy (non-hydrogen) atoms. The van der Waals surface area contributed by atoms with Gasteiger partial charge in [0.25, 0.3) is 0 Å². The maximum atomic E-state index is 10.7. The lowest BCUT2D eigenvalue weighted by molar-refractivity contribution is -0.139. The van der Waals surface area contributed by atoms with Crippen molar-refractivity contribution in [2.45, 2.75) is 19.4 Å². The number of hydrogen-bond donors (Lipinski definition) is 1. The molecule has 0 radical (unpaired) electrons. The lowest BCUT2D eigenvalue weighted by Gasteiger charge is -2.18. The molecule has 4 nitrogen and oxygen atoms in total. The highest BCUT2D eigenvalue weighted by Crippen LogP contribution is 2.30. The Morgan fingerprint density at radius 2 is 1.79 bits per heavy atom. The van der Waals surface area contributed by atoms with Gasteiger partial charge in [-0.25, -0.2) is 4.79 Å². The van der Waals surface area contributed by atoms with Crippen molar-refractivity contribution in [1.82, 2.24) is 4.90 Å². The van der Waals surface area contributed by atoms with Gasteiger partial charge in [0, 0.05) is 34.4 Å². The Bertz CT molecular complexity index is 1000. The molecule has 0 aliphatic carbocycles. The summed E-state index contributed by atoms with van der Waals surface area (Å²) in [5, 5.41) is 9.54. The first-order valence-electron chi connectivity index (χ1n) is 9.60. The highest BCUT2D eigenvalue weighted by Gasteiger charge is 2.16. The molecule has 1 aromatic heterocycles. The molecule has 6 heteroatoms. The van der Waals surface area contributed by atoms with Crippen molar-refractivity contribution in [2.75, 3.05) is 19.7 Å². The lowest BCUT2D eigenvalue weighted by atomic mass is 10.0. The number of carbonyl (C=O) groups is 1. The zero-order valence-corrected chi connectivity index (χ0v) is 17.5. The van der Waals surface area contributed by atoms with E-state index in [-0.39, 0.29) is 6.61 Å². The zero-order valence-electron chi connectivity index (χ0n) is 15.9. The van der Waals surface area contributed by atoms with Gasteiger partial charge >= 0.3 is 5.97 Å². The summed E-state index contributed by atoms with van der Waals surface area (Å²) in [5.41, 5.74) is 3.77. The predicted molar refractivity (Wildman–Crippen MR) is 117 cm³/mol. The molecule has 1 N–H and O–H groups in total. The number of aliphatic carboxylic acids is 1. The first-order chi connectivity index (χ1) is 14.1. The van der Waals surface area contributed by atoms with Crippen molar-refractivity contribution >= 4 is 28.9 Å². The number of halogens is 1. The van der Waals surface area contributed by atoms with E-state index in [1.54, 1.807) is 0 Å². The molecule has 0 saturated heterocycles. The van der Waals surface area contributed by atoms with E-state index >= 15 is 0 Å². The normalized spacial score (nSPS) is 14.2. The van der Waals surface area contributed by atoms with Crippen LogP contribution in [0.25, 0.3) is 10.4 Å². The van der Waals surface area contributed by atoms with Gasteiger partial charge in [0.15, 0.2) is 6.61 Å². The summed E-state index contributed by atoms with van der Waals surface area (Å²) in [6, 6.07) is 18.3. The van der Waals surface area contributed by atoms with Crippen LogP contribution in [0.1, 0.15) is 16.0 Å². The number of thiophene rings is 1. The molecule has 0 bridgehead atoms. The number of benzene rings is 2. The fourth-order valence-electron chi connectivity index (χ4n) is 3.59. The van der Waals surface area contributed by atoms with Crippen LogP contribution in [-0.2, 0) is 24.2 Å². The molecule has 0 amide bonds. The van der Waals surface area contributed by atoms with Crippen molar-refractivity contribution in [3.63, 3.8) is 0 Å². The first-order valence-corrected chi connectivity index (χ1v) is 10.8. The Balaban J connectivity index is 1.39. The van der Waals surface area contributed by atoms with Crippen LogP contribution in [0.15, 0.2) is 54.6 Å². The van der Waals surface area contributed by atoms with Crippen LogP contribution in [0.2, 0.25) is 5.02 Å². The third kappa shape index (κ3) is 5.18. The van der Waals surface area contributed by atoms with Gasteiger partial charge in [-0.1, -0.05) is 29.8 Å². The fourth-order valence-corrected chi connectivity index (χ4v) is 4.78. The van der Waals surface area contributed by atoms with E-state index in [2.05, 4.69) is 35.2 Å². The third-order valence-corrected chi connectivity index (χ3v) is 6.48. The van der Waals surface area contributed by atoms with E-state index in [0.717, 1.165) is 37.5 Å². The molecule has 0 spiro atoms. The average Bonchev–Trinajstić information content (AvgIpc) is 3.08. The molecule has 1 aliphatic rings. The molecule has 2 aromatic carbocycles. The van der Waals surface area contributed by atoms with Crippen LogP contribution in [0.3, 0.4) is 0 Å². The van der Waals surface area contributed by atoms with E-state index < -0.39 is 5.97 Å². The Labute approximate surface area is 179 Å². The molecule has 0 fully saturated rings. The van der Waals surface area contributed by atoms with Crippen LogP contribution >= 0.6 is 22.9 Å². The SMILES string of the molecule is O=C(O)COc1ccc2c(c1)CCN(Cc1ccc(-c3ccc(Cl)cc3)s1)CC2. The first kappa shape index (κ1) is 20.0. The summed E-state index contributed by atoms with van der Waals surface area (Å²) in [6.07, 6.45) is 1.93. The fraction of sp³-hybridized carbons (Fsp3) is 0.261. The van der Waals surface area contributed by atoms with E-state index in [4.69, 9.17) is 21.4 Å². The van der Waals surface area contributed by atoms with Crippen LogP contribution < -0.4 is 4.74 Å². The van der Waals surface area contributed by atoms with Gasteiger partial charge in [0.2, 0.25) is 0 Å². The zero-order chi connectivity index (χ0) is 20.2. The summed E-state index contributed by atoms with van der Waals surface area (Å²) in [5.74, 6) is -0.328. The van der Waals surface area contributed by atoms with E-state index in [9.17, 15) is 4.79 Å². The minimum absolute atomic E-state index is 0.306. The van der Waals surface area contributed by atoms with Crippen molar-refractivity contribution in [3.05, 3.63) is 75.6 Å². The van der Waals surface area contributed by atoms with Crippen LogP contribution in [0, 0.1) is 0 Å². The van der Waals surface area contributed by atoms with Crippen molar-refractivity contribution < 1.29 is 14.6 Å². The Morgan fingerprint density at radius 3 is 2.55 bits per heavy atom. The van der Waals surface area contributed by atoms with Gasteiger partial charge in [-0.3, -0.25) is 4.90 Å². The standard InChI is InChI=1S/C23H22ClNO3S/c24-19-4-1-17(2-5-19)22-8-7-21(29-22)14-25-11-9-16-3-6-20(28-15-23(26)27)13-18(16)10-12-25/h1-8,13H,9-12,14-15H2,(H,26,27). The summed E-state index contributed by atoms with van der Waals surface area (Å²) in [6.45, 7) is 2.62. The van der Waals surface area contributed by atoms with E-state index in [1.807, 2.05) is 35.6 Å². The molecular formula is C23H22ClNO3S. The molecular weight excluding hydrogens is 406 g/mol. The second-order valence-electron chi connectivity index (χ2n) is 7.16. The number of ether oxygens (including phenoxy) is 1. The highest BCUT2D eigenvalue weighted by molar-refractivity contribution is 7.15. The van der Waals surface area contributed by atoms with Crippen LogP contribution in [-0.4, -0.2) is 35.7 Å². The second kappa shape index (κ2) is 8.99. The Kier molecular flexibility index (Phi) is 6.19. The molecule has 4 rings (SSSR count). The Hall–Kier alpha value is -2.34. The van der Waals surface area contributed by atoms with Gasteiger partial charge in [-0.2, -0.15) is 0 Å². The van der Waals surface area contributed by atoms with Gasteiger partial charge in [0.05, 0.1) is 0 Å². The summed E-state index contributed by atoms with van der Waals surface area (Å²) >= 11 is 7.82. The monoisotopic (exact) mass is 427 g/mol. The van der Waals surface area contributed by atoms with E-state index in [0.29, 0.717) is 5.75 Å². The molecule has 1 aliphatic heterocycles. The quantitative estimate of drug-likeness (QED) is 0.592. The van der Waals surface area contributed by atoms with Crippen molar-refractivity contribution in [2.24, 2.45) is 0 Å². The number of carboxylic acids is 1. The largest absolute Gasteiger partial charge is 0.482 e. The molecule has 0 saturated carbocycles. The van der Waals surface area contributed by atoms with Crippen molar-refractivity contribution in [1.29, 1.82) is 0 Å². The number of fused-ring (bicyclic) bond motifs is 1. The molecule has 0 unspecified atom stereocenters. The van der Waals surface area contributed by atoms with Gasteiger partial charge < -0.3 is 9.84 Å².